The predicted octanol–water partition coefficient (Wildman–Crippen LogP) is 8.03. The molecule has 0 atom stereocenters. The van der Waals surface area contributed by atoms with E-state index in [2.05, 4.69) is 6.92 Å². The molecule has 0 N–H and O–H groups in total. The van der Waals surface area contributed by atoms with Crippen molar-refractivity contribution < 1.29 is 17.6 Å². The predicted molar refractivity (Wildman–Crippen MR) is 114 cm³/mol. The van der Waals surface area contributed by atoms with E-state index in [1.54, 1.807) is 6.07 Å². The molecule has 0 aliphatic heterocycles. The first-order chi connectivity index (χ1) is 14.4. The van der Waals surface area contributed by atoms with Gasteiger partial charge in [0.1, 0.15) is 5.82 Å². The number of unbranched alkanes of at least 4 members (excludes halogenated alkanes) is 2. The topological polar surface area (TPSA) is 0 Å². The minimum atomic E-state index is -4.31. The summed E-state index contributed by atoms with van der Waals surface area (Å²) < 4.78 is 52.5. The number of rotatable bonds is 8. The fourth-order valence-corrected chi connectivity index (χ4v) is 3.53. The number of alkyl halides is 3. The summed E-state index contributed by atoms with van der Waals surface area (Å²) in [6.45, 7) is 2.15. The number of benzene rings is 3. The van der Waals surface area contributed by atoms with Gasteiger partial charge in [-0.3, -0.25) is 0 Å². The van der Waals surface area contributed by atoms with Crippen LogP contribution in [-0.4, -0.2) is 0 Å². The molecule has 0 unspecified atom stereocenters. The molecular formula is C26H26F4. The van der Waals surface area contributed by atoms with Gasteiger partial charge in [0.2, 0.25) is 0 Å². The third kappa shape index (κ3) is 5.94. The SMILES string of the molecule is CCCCCc1ccc(-c2ccc(CCc3ccc(C(F)(F)F)cc3)cc2)c(F)c1. The summed E-state index contributed by atoms with van der Waals surface area (Å²) in [6.07, 6.45) is 1.32. The maximum absolute atomic E-state index is 14.6. The highest BCUT2D eigenvalue weighted by Gasteiger charge is 2.29. The lowest BCUT2D eigenvalue weighted by Crippen LogP contribution is -2.04. The third-order valence-corrected chi connectivity index (χ3v) is 5.35. The quantitative estimate of drug-likeness (QED) is 0.258. The van der Waals surface area contributed by atoms with Gasteiger partial charge in [-0.25, -0.2) is 4.39 Å². The second-order valence-corrected chi connectivity index (χ2v) is 7.66. The first-order valence-electron chi connectivity index (χ1n) is 10.4. The summed E-state index contributed by atoms with van der Waals surface area (Å²) in [5.41, 5.74) is 3.73. The van der Waals surface area contributed by atoms with Crippen LogP contribution >= 0.6 is 0 Å². The summed E-state index contributed by atoms with van der Waals surface area (Å²) >= 11 is 0. The second-order valence-electron chi connectivity index (χ2n) is 7.66. The second kappa shape index (κ2) is 9.92. The molecule has 30 heavy (non-hydrogen) atoms. The smallest absolute Gasteiger partial charge is 0.206 e. The van der Waals surface area contributed by atoms with Crippen LogP contribution in [0.4, 0.5) is 17.6 Å². The van der Waals surface area contributed by atoms with Gasteiger partial charge in [-0.1, -0.05) is 68.3 Å². The molecule has 0 nitrogen and oxygen atoms in total. The van der Waals surface area contributed by atoms with Gasteiger partial charge in [0.25, 0.3) is 0 Å². The van der Waals surface area contributed by atoms with Crippen molar-refractivity contribution in [2.24, 2.45) is 0 Å². The zero-order valence-electron chi connectivity index (χ0n) is 17.1. The Hall–Kier alpha value is -2.62. The van der Waals surface area contributed by atoms with E-state index in [-0.39, 0.29) is 5.82 Å². The Morgan fingerprint density at radius 1 is 0.667 bits per heavy atom. The third-order valence-electron chi connectivity index (χ3n) is 5.35. The van der Waals surface area contributed by atoms with E-state index in [4.69, 9.17) is 0 Å². The standard InChI is InChI=1S/C26H26F4/c1-2-3-4-5-21-12-17-24(25(27)18-21)22-13-8-19(9-14-22)6-7-20-10-15-23(16-11-20)26(28,29)30/h8-18H,2-7H2,1H3. The molecular weight excluding hydrogens is 388 g/mol. The van der Waals surface area contributed by atoms with Gasteiger partial charge in [0.15, 0.2) is 0 Å². The highest BCUT2D eigenvalue weighted by molar-refractivity contribution is 5.64. The number of hydrogen-bond acceptors (Lipinski definition) is 0. The molecule has 0 fully saturated rings. The van der Waals surface area contributed by atoms with Crippen LogP contribution in [0.15, 0.2) is 66.7 Å². The van der Waals surface area contributed by atoms with E-state index in [1.165, 1.54) is 12.1 Å². The summed E-state index contributed by atoms with van der Waals surface area (Å²) in [5.74, 6) is -0.207. The first-order valence-corrected chi connectivity index (χ1v) is 10.4. The lowest BCUT2D eigenvalue weighted by molar-refractivity contribution is -0.137. The van der Waals surface area contributed by atoms with Crippen molar-refractivity contribution >= 4 is 0 Å². The van der Waals surface area contributed by atoms with Gasteiger partial charge in [0.05, 0.1) is 5.56 Å². The summed E-state index contributed by atoms with van der Waals surface area (Å²) in [5, 5.41) is 0. The molecule has 0 aliphatic carbocycles. The molecule has 0 aromatic heterocycles. The molecule has 0 spiro atoms. The van der Waals surface area contributed by atoms with Crippen molar-refractivity contribution in [3.63, 3.8) is 0 Å². The average Bonchev–Trinajstić information content (AvgIpc) is 2.73. The Morgan fingerprint density at radius 3 is 1.77 bits per heavy atom. The zero-order valence-corrected chi connectivity index (χ0v) is 17.1. The lowest BCUT2D eigenvalue weighted by atomic mass is 9.98. The van der Waals surface area contributed by atoms with E-state index in [0.717, 1.165) is 60.1 Å². The molecule has 0 bridgehead atoms. The van der Waals surface area contributed by atoms with Gasteiger partial charge in [-0.05, 0) is 66.1 Å². The lowest BCUT2D eigenvalue weighted by Gasteiger charge is -2.09. The fraction of sp³-hybridized carbons (Fsp3) is 0.308. The molecule has 0 radical (unpaired) electrons. The average molecular weight is 414 g/mol. The van der Waals surface area contributed by atoms with E-state index < -0.39 is 11.7 Å². The minimum Gasteiger partial charge on any atom is -0.206 e. The monoisotopic (exact) mass is 414 g/mol. The van der Waals surface area contributed by atoms with Gasteiger partial charge in [-0.2, -0.15) is 13.2 Å². The Morgan fingerprint density at radius 2 is 1.23 bits per heavy atom. The first kappa shape index (κ1) is 22.1. The van der Waals surface area contributed by atoms with Gasteiger partial charge in [0, 0.05) is 5.56 Å². The van der Waals surface area contributed by atoms with Gasteiger partial charge < -0.3 is 0 Å². The van der Waals surface area contributed by atoms with E-state index in [0.29, 0.717) is 18.4 Å². The van der Waals surface area contributed by atoms with Crippen molar-refractivity contribution in [2.45, 2.75) is 51.6 Å². The molecule has 0 saturated carbocycles. The van der Waals surface area contributed by atoms with Crippen molar-refractivity contribution in [2.75, 3.05) is 0 Å². The maximum atomic E-state index is 14.6. The van der Waals surface area contributed by atoms with Crippen molar-refractivity contribution in [3.8, 4) is 11.1 Å². The molecule has 3 aromatic rings. The normalized spacial score (nSPS) is 11.6. The molecule has 0 amide bonds. The van der Waals surface area contributed by atoms with Crippen LogP contribution < -0.4 is 0 Å². The Balaban J connectivity index is 1.61. The van der Waals surface area contributed by atoms with Crippen LogP contribution in [0, 0.1) is 5.82 Å². The summed E-state index contributed by atoms with van der Waals surface area (Å²) in [6, 6.07) is 18.4. The fourth-order valence-electron chi connectivity index (χ4n) is 3.53. The minimum absolute atomic E-state index is 0.207. The Kier molecular flexibility index (Phi) is 7.30. The Bertz CT molecular complexity index is 938. The van der Waals surface area contributed by atoms with Crippen LogP contribution in [0.5, 0.6) is 0 Å². The highest BCUT2D eigenvalue weighted by atomic mass is 19.4. The molecule has 3 rings (SSSR count). The highest BCUT2D eigenvalue weighted by Crippen LogP contribution is 2.29. The van der Waals surface area contributed by atoms with Crippen molar-refractivity contribution in [1.82, 2.24) is 0 Å². The van der Waals surface area contributed by atoms with E-state index >= 15 is 0 Å². The largest absolute Gasteiger partial charge is 0.416 e. The van der Waals surface area contributed by atoms with E-state index in [1.807, 2.05) is 36.4 Å². The summed E-state index contributed by atoms with van der Waals surface area (Å²) in [4.78, 5) is 0. The maximum Gasteiger partial charge on any atom is 0.416 e. The van der Waals surface area contributed by atoms with Crippen molar-refractivity contribution in [3.05, 3.63) is 94.8 Å². The zero-order chi connectivity index (χ0) is 21.6. The van der Waals surface area contributed by atoms with Gasteiger partial charge in [-0.15, -0.1) is 0 Å². The Labute approximate surface area is 175 Å². The molecule has 3 aromatic carbocycles. The molecule has 0 aliphatic rings. The van der Waals surface area contributed by atoms with Crippen LogP contribution in [0.1, 0.15) is 48.4 Å². The van der Waals surface area contributed by atoms with Gasteiger partial charge >= 0.3 is 6.18 Å². The number of aryl methyl sites for hydroxylation is 3. The van der Waals surface area contributed by atoms with Crippen LogP contribution in [0.25, 0.3) is 11.1 Å². The summed E-state index contributed by atoms with van der Waals surface area (Å²) in [7, 11) is 0. The van der Waals surface area contributed by atoms with Crippen LogP contribution in [0.2, 0.25) is 0 Å². The molecule has 4 heteroatoms. The van der Waals surface area contributed by atoms with Crippen LogP contribution in [-0.2, 0) is 25.4 Å². The molecule has 0 saturated heterocycles. The van der Waals surface area contributed by atoms with Crippen LogP contribution in [0.3, 0.4) is 0 Å². The molecule has 0 heterocycles. The molecule has 158 valence electrons. The van der Waals surface area contributed by atoms with E-state index in [9.17, 15) is 17.6 Å². The van der Waals surface area contributed by atoms with Crippen molar-refractivity contribution in [1.29, 1.82) is 0 Å². The number of hydrogen-bond donors (Lipinski definition) is 0. The number of halogens is 4.